The van der Waals surface area contributed by atoms with Crippen molar-refractivity contribution in [3.63, 3.8) is 0 Å². The summed E-state index contributed by atoms with van der Waals surface area (Å²) >= 11 is 0. The average Bonchev–Trinajstić information content (AvgIpc) is 2.29. The van der Waals surface area contributed by atoms with Crippen LogP contribution < -0.4 is 10.1 Å². The molecule has 0 unspecified atom stereocenters. The molecule has 3 nitrogen and oxygen atoms in total. The Balaban J connectivity index is 2.68. The molecule has 0 aliphatic rings. The number of nitrogens with one attached hydrogen (secondary N) is 1. The Bertz CT molecular complexity index is 337. The predicted molar refractivity (Wildman–Crippen MR) is 70.3 cm³/mol. The normalized spacial score (nSPS) is 10.9. The molecule has 96 valence electrons. The standard InChI is InChI=1S/C14H23NO2/c1-11(2)9-17-10-13-7-12(8-15-3)5-6-14(13)16-4/h5-7,11,15H,8-10H2,1-4H3. The Kier molecular flexibility index (Phi) is 6.01. The SMILES string of the molecule is CNCc1ccc(OC)c(COCC(C)C)c1. The lowest BCUT2D eigenvalue weighted by atomic mass is 10.1. The maximum Gasteiger partial charge on any atom is 0.124 e. The van der Waals surface area contributed by atoms with Crippen molar-refractivity contribution >= 4 is 0 Å². The molecule has 0 atom stereocenters. The van der Waals surface area contributed by atoms with E-state index in [0.29, 0.717) is 12.5 Å². The van der Waals surface area contributed by atoms with Gasteiger partial charge in [0.05, 0.1) is 13.7 Å². The third kappa shape index (κ3) is 4.75. The lowest BCUT2D eigenvalue weighted by Crippen LogP contribution is -2.07. The number of hydrogen-bond acceptors (Lipinski definition) is 3. The monoisotopic (exact) mass is 237 g/mol. The van der Waals surface area contributed by atoms with Crippen LogP contribution in [0.2, 0.25) is 0 Å². The van der Waals surface area contributed by atoms with Crippen LogP contribution in [0.5, 0.6) is 5.75 Å². The molecule has 0 amide bonds. The lowest BCUT2D eigenvalue weighted by Gasteiger charge is -2.12. The summed E-state index contributed by atoms with van der Waals surface area (Å²) in [5, 5.41) is 3.14. The summed E-state index contributed by atoms with van der Waals surface area (Å²) < 4.78 is 11.0. The largest absolute Gasteiger partial charge is 0.496 e. The third-order valence-corrected chi connectivity index (χ3v) is 2.43. The molecular formula is C14H23NO2. The van der Waals surface area contributed by atoms with Crippen molar-refractivity contribution in [2.75, 3.05) is 20.8 Å². The number of rotatable bonds is 7. The topological polar surface area (TPSA) is 30.5 Å². The van der Waals surface area contributed by atoms with Crippen LogP contribution in [-0.4, -0.2) is 20.8 Å². The van der Waals surface area contributed by atoms with Gasteiger partial charge in [-0.2, -0.15) is 0 Å². The first-order valence-corrected chi connectivity index (χ1v) is 6.05. The number of hydrogen-bond donors (Lipinski definition) is 1. The molecule has 0 fully saturated rings. The molecule has 1 aromatic carbocycles. The van der Waals surface area contributed by atoms with Gasteiger partial charge in [0, 0.05) is 18.7 Å². The van der Waals surface area contributed by atoms with Crippen LogP contribution in [0, 0.1) is 5.92 Å². The molecule has 0 aliphatic heterocycles. The second-order valence-electron chi connectivity index (χ2n) is 4.59. The zero-order chi connectivity index (χ0) is 12.7. The zero-order valence-electron chi connectivity index (χ0n) is 11.2. The molecule has 1 rings (SSSR count). The molecule has 17 heavy (non-hydrogen) atoms. The third-order valence-electron chi connectivity index (χ3n) is 2.43. The Morgan fingerprint density at radius 3 is 2.65 bits per heavy atom. The minimum atomic E-state index is 0.557. The van der Waals surface area contributed by atoms with Crippen molar-refractivity contribution in [2.24, 2.45) is 5.92 Å². The molecule has 0 heterocycles. The van der Waals surface area contributed by atoms with Gasteiger partial charge < -0.3 is 14.8 Å². The van der Waals surface area contributed by atoms with Crippen molar-refractivity contribution in [3.05, 3.63) is 29.3 Å². The maximum atomic E-state index is 5.66. The summed E-state index contributed by atoms with van der Waals surface area (Å²) in [6, 6.07) is 6.21. The number of methoxy groups -OCH3 is 1. The van der Waals surface area contributed by atoms with E-state index in [-0.39, 0.29) is 0 Å². The van der Waals surface area contributed by atoms with E-state index in [4.69, 9.17) is 9.47 Å². The smallest absolute Gasteiger partial charge is 0.124 e. The van der Waals surface area contributed by atoms with E-state index in [0.717, 1.165) is 24.5 Å². The average molecular weight is 237 g/mol. The fourth-order valence-electron chi connectivity index (χ4n) is 1.66. The molecule has 0 aliphatic carbocycles. The van der Waals surface area contributed by atoms with Crippen LogP contribution in [0.15, 0.2) is 18.2 Å². The molecule has 1 aromatic rings. The zero-order valence-corrected chi connectivity index (χ0v) is 11.2. The Morgan fingerprint density at radius 1 is 1.29 bits per heavy atom. The second kappa shape index (κ2) is 7.30. The van der Waals surface area contributed by atoms with Gasteiger partial charge in [-0.15, -0.1) is 0 Å². The Morgan fingerprint density at radius 2 is 2.06 bits per heavy atom. The van der Waals surface area contributed by atoms with Crippen LogP contribution in [0.3, 0.4) is 0 Å². The Labute approximate surface area is 104 Å². The van der Waals surface area contributed by atoms with E-state index < -0.39 is 0 Å². The molecular weight excluding hydrogens is 214 g/mol. The molecule has 0 saturated heterocycles. The van der Waals surface area contributed by atoms with Gasteiger partial charge in [-0.1, -0.05) is 19.9 Å². The van der Waals surface area contributed by atoms with Gasteiger partial charge >= 0.3 is 0 Å². The van der Waals surface area contributed by atoms with Gasteiger partial charge in [-0.3, -0.25) is 0 Å². The summed E-state index contributed by atoms with van der Waals surface area (Å²) in [5.74, 6) is 1.45. The van der Waals surface area contributed by atoms with Crippen LogP contribution in [0.1, 0.15) is 25.0 Å². The summed E-state index contributed by atoms with van der Waals surface area (Å²) in [6.45, 7) is 6.54. The number of benzene rings is 1. The molecule has 0 spiro atoms. The van der Waals surface area contributed by atoms with Gasteiger partial charge in [0.1, 0.15) is 5.75 Å². The van der Waals surface area contributed by atoms with Crippen molar-refractivity contribution in [3.8, 4) is 5.75 Å². The molecule has 0 aromatic heterocycles. The Hall–Kier alpha value is -1.06. The van der Waals surface area contributed by atoms with Crippen LogP contribution in [0.25, 0.3) is 0 Å². The minimum Gasteiger partial charge on any atom is -0.496 e. The van der Waals surface area contributed by atoms with Crippen molar-refractivity contribution in [2.45, 2.75) is 27.0 Å². The van der Waals surface area contributed by atoms with E-state index in [1.165, 1.54) is 5.56 Å². The lowest BCUT2D eigenvalue weighted by molar-refractivity contribution is 0.0955. The molecule has 1 N–H and O–H groups in total. The van der Waals surface area contributed by atoms with E-state index in [1.807, 2.05) is 13.1 Å². The first kappa shape index (κ1) is 14.0. The van der Waals surface area contributed by atoms with Crippen molar-refractivity contribution < 1.29 is 9.47 Å². The van der Waals surface area contributed by atoms with E-state index in [9.17, 15) is 0 Å². The molecule has 0 saturated carbocycles. The minimum absolute atomic E-state index is 0.557. The van der Waals surface area contributed by atoms with Crippen LogP contribution >= 0.6 is 0 Å². The molecule has 0 bridgehead atoms. The molecule has 0 radical (unpaired) electrons. The maximum absolute atomic E-state index is 5.66. The quantitative estimate of drug-likeness (QED) is 0.790. The highest BCUT2D eigenvalue weighted by Crippen LogP contribution is 2.21. The van der Waals surface area contributed by atoms with Gasteiger partial charge in [0.25, 0.3) is 0 Å². The highest BCUT2D eigenvalue weighted by molar-refractivity contribution is 5.36. The van der Waals surface area contributed by atoms with E-state index >= 15 is 0 Å². The van der Waals surface area contributed by atoms with Gasteiger partial charge in [-0.05, 0) is 30.7 Å². The highest BCUT2D eigenvalue weighted by atomic mass is 16.5. The first-order chi connectivity index (χ1) is 8.17. The van der Waals surface area contributed by atoms with Crippen LogP contribution in [0.4, 0.5) is 0 Å². The number of ether oxygens (including phenoxy) is 2. The second-order valence-corrected chi connectivity index (χ2v) is 4.59. The first-order valence-electron chi connectivity index (χ1n) is 6.05. The molecule has 3 heteroatoms. The summed E-state index contributed by atoms with van der Waals surface area (Å²) in [7, 11) is 3.64. The van der Waals surface area contributed by atoms with Gasteiger partial charge in [0.2, 0.25) is 0 Å². The summed E-state index contributed by atoms with van der Waals surface area (Å²) in [6.07, 6.45) is 0. The fraction of sp³-hybridized carbons (Fsp3) is 0.571. The van der Waals surface area contributed by atoms with Gasteiger partial charge in [0.15, 0.2) is 0 Å². The highest BCUT2D eigenvalue weighted by Gasteiger charge is 2.05. The van der Waals surface area contributed by atoms with Crippen molar-refractivity contribution in [1.82, 2.24) is 5.32 Å². The van der Waals surface area contributed by atoms with E-state index in [1.54, 1.807) is 7.11 Å². The summed E-state index contributed by atoms with van der Waals surface area (Å²) in [5.41, 5.74) is 2.36. The predicted octanol–water partition coefficient (Wildman–Crippen LogP) is 2.59. The van der Waals surface area contributed by atoms with E-state index in [2.05, 4.69) is 31.3 Å². The van der Waals surface area contributed by atoms with Crippen LogP contribution in [-0.2, 0) is 17.9 Å². The summed E-state index contributed by atoms with van der Waals surface area (Å²) in [4.78, 5) is 0. The van der Waals surface area contributed by atoms with Crippen molar-refractivity contribution in [1.29, 1.82) is 0 Å². The fourth-order valence-corrected chi connectivity index (χ4v) is 1.66. The van der Waals surface area contributed by atoms with Gasteiger partial charge in [-0.25, -0.2) is 0 Å².